The molecule has 2 rings (SSSR count). The molecule has 0 bridgehead atoms. The fourth-order valence-electron chi connectivity index (χ4n) is 3.98. The normalized spacial score (nSPS) is 28.3. The SMILES string of the molecule is CCN(C(=O)CCC1CCC(N)CC1)C1CCCCC1. The third kappa shape index (κ3) is 4.47. The number of amides is 1. The van der Waals surface area contributed by atoms with Crippen molar-refractivity contribution in [3.05, 3.63) is 0 Å². The number of carbonyl (C=O) groups is 1. The van der Waals surface area contributed by atoms with Crippen molar-refractivity contribution in [2.45, 2.75) is 89.6 Å². The summed E-state index contributed by atoms with van der Waals surface area (Å²) in [6, 6.07) is 0.942. The first-order valence-electron chi connectivity index (χ1n) is 8.75. The molecule has 0 aliphatic heterocycles. The number of hydrogen-bond donors (Lipinski definition) is 1. The van der Waals surface area contributed by atoms with Gasteiger partial charge in [0.1, 0.15) is 0 Å². The first-order valence-corrected chi connectivity index (χ1v) is 8.75. The standard InChI is InChI=1S/C17H32N2O/c1-2-19(16-6-4-3-5-7-16)17(20)13-10-14-8-11-15(18)12-9-14/h14-16H,2-13,18H2,1H3. The van der Waals surface area contributed by atoms with Crippen molar-refractivity contribution in [1.82, 2.24) is 4.90 Å². The molecule has 0 aromatic rings. The number of nitrogens with two attached hydrogens (primary N) is 1. The second kappa shape index (κ2) is 8.02. The predicted octanol–water partition coefficient (Wildman–Crippen LogP) is 3.47. The van der Waals surface area contributed by atoms with Crippen LogP contribution in [0.2, 0.25) is 0 Å². The molecular formula is C17H32N2O. The highest BCUT2D eigenvalue weighted by Crippen LogP contribution is 2.28. The zero-order valence-corrected chi connectivity index (χ0v) is 13.2. The van der Waals surface area contributed by atoms with Crippen molar-refractivity contribution >= 4 is 5.91 Å². The van der Waals surface area contributed by atoms with Crippen LogP contribution in [0.4, 0.5) is 0 Å². The second-order valence-electron chi connectivity index (χ2n) is 6.79. The van der Waals surface area contributed by atoms with Crippen molar-refractivity contribution in [2.75, 3.05) is 6.54 Å². The Hall–Kier alpha value is -0.570. The van der Waals surface area contributed by atoms with Gasteiger partial charge in [0.25, 0.3) is 0 Å². The molecule has 2 fully saturated rings. The van der Waals surface area contributed by atoms with Crippen LogP contribution in [0, 0.1) is 5.92 Å². The molecule has 0 aromatic heterocycles. The van der Waals surface area contributed by atoms with Gasteiger partial charge in [-0.1, -0.05) is 19.3 Å². The minimum atomic E-state index is 0.397. The third-order valence-electron chi connectivity index (χ3n) is 5.33. The quantitative estimate of drug-likeness (QED) is 0.838. The Labute approximate surface area is 124 Å². The molecule has 2 saturated carbocycles. The Morgan fingerprint density at radius 3 is 2.30 bits per heavy atom. The van der Waals surface area contributed by atoms with Crippen LogP contribution >= 0.6 is 0 Å². The van der Waals surface area contributed by atoms with Crippen LogP contribution in [0.3, 0.4) is 0 Å². The molecule has 3 heteroatoms. The van der Waals surface area contributed by atoms with Gasteiger partial charge < -0.3 is 10.6 Å². The summed E-state index contributed by atoms with van der Waals surface area (Å²) < 4.78 is 0. The summed E-state index contributed by atoms with van der Waals surface area (Å²) in [7, 11) is 0. The van der Waals surface area contributed by atoms with Crippen LogP contribution in [0.25, 0.3) is 0 Å². The molecule has 0 heterocycles. The summed E-state index contributed by atoms with van der Waals surface area (Å²) in [6.45, 7) is 3.02. The number of rotatable bonds is 5. The van der Waals surface area contributed by atoms with Crippen molar-refractivity contribution in [1.29, 1.82) is 0 Å². The van der Waals surface area contributed by atoms with Gasteiger partial charge in [-0.3, -0.25) is 4.79 Å². The minimum absolute atomic E-state index is 0.397. The van der Waals surface area contributed by atoms with E-state index >= 15 is 0 Å². The van der Waals surface area contributed by atoms with E-state index in [1.807, 2.05) is 0 Å². The maximum atomic E-state index is 12.5. The number of carbonyl (C=O) groups excluding carboxylic acids is 1. The molecule has 1 amide bonds. The highest BCUT2D eigenvalue weighted by Gasteiger charge is 2.25. The van der Waals surface area contributed by atoms with Crippen LogP contribution in [0.5, 0.6) is 0 Å². The average molecular weight is 280 g/mol. The Bertz CT molecular complexity index is 291. The van der Waals surface area contributed by atoms with E-state index in [0.717, 1.165) is 38.1 Å². The minimum Gasteiger partial charge on any atom is -0.340 e. The van der Waals surface area contributed by atoms with Crippen molar-refractivity contribution < 1.29 is 4.79 Å². The third-order valence-corrected chi connectivity index (χ3v) is 5.33. The van der Waals surface area contributed by atoms with E-state index in [0.29, 0.717) is 18.0 Å². The fourth-order valence-corrected chi connectivity index (χ4v) is 3.98. The largest absolute Gasteiger partial charge is 0.340 e. The molecule has 2 aliphatic rings. The van der Waals surface area contributed by atoms with Gasteiger partial charge in [-0.2, -0.15) is 0 Å². The lowest BCUT2D eigenvalue weighted by atomic mass is 9.83. The van der Waals surface area contributed by atoms with E-state index in [1.165, 1.54) is 44.9 Å². The molecule has 0 radical (unpaired) electrons. The van der Waals surface area contributed by atoms with Crippen LogP contribution in [-0.4, -0.2) is 29.4 Å². The molecule has 2 aliphatic carbocycles. The molecule has 0 spiro atoms. The Morgan fingerprint density at radius 1 is 1.05 bits per heavy atom. The molecule has 3 nitrogen and oxygen atoms in total. The average Bonchev–Trinajstić information content (AvgIpc) is 2.48. The van der Waals surface area contributed by atoms with Gasteiger partial charge in [0.15, 0.2) is 0 Å². The summed E-state index contributed by atoms with van der Waals surface area (Å²) in [5.41, 5.74) is 5.94. The van der Waals surface area contributed by atoms with E-state index < -0.39 is 0 Å². The molecule has 0 saturated heterocycles. The molecule has 116 valence electrons. The molecular weight excluding hydrogens is 248 g/mol. The lowest BCUT2D eigenvalue weighted by molar-refractivity contribution is -0.134. The van der Waals surface area contributed by atoms with Gasteiger partial charge in [0, 0.05) is 25.0 Å². The fraction of sp³-hybridized carbons (Fsp3) is 0.941. The molecule has 20 heavy (non-hydrogen) atoms. The Kier molecular flexibility index (Phi) is 6.34. The highest BCUT2D eigenvalue weighted by molar-refractivity contribution is 5.76. The summed E-state index contributed by atoms with van der Waals surface area (Å²) in [4.78, 5) is 14.6. The molecule has 2 N–H and O–H groups in total. The molecule has 0 unspecified atom stereocenters. The maximum absolute atomic E-state index is 12.5. The van der Waals surface area contributed by atoms with Gasteiger partial charge in [-0.25, -0.2) is 0 Å². The van der Waals surface area contributed by atoms with Crippen LogP contribution in [0.15, 0.2) is 0 Å². The van der Waals surface area contributed by atoms with E-state index in [2.05, 4.69) is 11.8 Å². The van der Waals surface area contributed by atoms with E-state index in [-0.39, 0.29) is 0 Å². The van der Waals surface area contributed by atoms with E-state index in [4.69, 9.17) is 5.73 Å². The number of nitrogens with zero attached hydrogens (tertiary/aromatic N) is 1. The lowest BCUT2D eigenvalue weighted by Gasteiger charge is -2.34. The first-order chi connectivity index (χ1) is 9.70. The van der Waals surface area contributed by atoms with Crippen LogP contribution in [0.1, 0.15) is 77.6 Å². The Balaban J connectivity index is 1.74. The van der Waals surface area contributed by atoms with Crippen molar-refractivity contribution in [3.63, 3.8) is 0 Å². The van der Waals surface area contributed by atoms with Crippen molar-refractivity contribution in [2.24, 2.45) is 11.7 Å². The second-order valence-corrected chi connectivity index (χ2v) is 6.79. The summed E-state index contributed by atoms with van der Waals surface area (Å²) in [6.07, 6.45) is 13.0. The van der Waals surface area contributed by atoms with Crippen LogP contribution in [-0.2, 0) is 4.79 Å². The monoisotopic (exact) mass is 280 g/mol. The van der Waals surface area contributed by atoms with Gasteiger partial charge in [-0.05, 0) is 57.8 Å². The predicted molar refractivity (Wildman–Crippen MR) is 83.4 cm³/mol. The molecule has 0 atom stereocenters. The maximum Gasteiger partial charge on any atom is 0.222 e. The smallest absolute Gasteiger partial charge is 0.222 e. The highest BCUT2D eigenvalue weighted by atomic mass is 16.2. The topological polar surface area (TPSA) is 46.3 Å². The zero-order valence-electron chi connectivity index (χ0n) is 13.2. The Morgan fingerprint density at radius 2 is 1.70 bits per heavy atom. The van der Waals surface area contributed by atoms with Gasteiger partial charge in [0.05, 0.1) is 0 Å². The lowest BCUT2D eigenvalue weighted by Crippen LogP contribution is -2.41. The first kappa shape index (κ1) is 15.8. The van der Waals surface area contributed by atoms with Gasteiger partial charge in [-0.15, -0.1) is 0 Å². The van der Waals surface area contributed by atoms with Crippen molar-refractivity contribution in [3.8, 4) is 0 Å². The summed E-state index contributed by atoms with van der Waals surface area (Å²) in [5.74, 6) is 1.14. The summed E-state index contributed by atoms with van der Waals surface area (Å²) >= 11 is 0. The zero-order chi connectivity index (χ0) is 14.4. The van der Waals surface area contributed by atoms with Crippen LogP contribution < -0.4 is 5.73 Å². The van der Waals surface area contributed by atoms with E-state index in [9.17, 15) is 4.79 Å². The summed E-state index contributed by atoms with van der Waals surface area (Å²) in [5, 5.41) is 0. The molecule has 0 aromatic carbocycles. The van der Waals surface area contributed by atoms with E-state index in [1.54, 1.807) is 0 Å². The van der Waals surface area contributed by atoms with Gasteiger partial charge >= 0.3 is 0 Å². The van der Waals surface area contributed by atoms with Gasteiger partial charge in [0.2, 0.25) is 5.91 Å². The number of hydrogen-bond acceptors (Lipinski definition) is 2.